The van der Waals surface area contributed by atoms with E-state index in [-0.39, 0.29) is 35.4 Å². The van der Waals surface area contributed by atoms with Crippen LogP contribution in [0.25, 0.3) is 32.9 Å². The van der Waals surface area contributed by atoms with Crippen LogP contribution in [0, 0.1) is 23.1 Å². The Morgan fingerprint density at radius 1 is 0.981 bits per heavy atom. The van der Waals surface area contributed by atoms with Gasteiger partial charge in [0.15, 0.2) is 11.0 Å². The Morgan fingerprint density at radius 3 is 2.31 bits per heavy atom. The fourth-order valence-electron chi connectivity index (χ4n) is 7.71. The van der Waals surface area contributed by atoms with Gasteiger partial charge in [-0.15, -0.1) is 5.54 Å². The maximum atomic E-state index is 17.4. The molecule has 280 valence electrons. The van der Waals surface area contributed by atoms with Crippen LogP contribution < -0.4 is 14.4 Å². The third kappa shape index (κ3) is 7.88. The van der Waals surface area contributed by atoms with Crippen molar-refractivity contribution in [2.24, 2.45) is 0 Å². The number of hydrogen-bond donors (Lipinski definition) is 1. The minimum atomic E-state index is -2.28. The third-order valence-electron chi connectivity index (χ3n) is 10.1. The molecule has 5 rings (SSSR count). The largest absolute Gasteiger partial charge is 0.491 e. The minimum absolute atomic E-state index is 0.0313. The van der Waals surface area contributed by atoms with Crippen LogP contribution in [0.2, 0.25) is 16.6 Å². The number of piperidine rings is 1. The smallest absolute Gasteiger partial charge is 0.227 e. The van der Waals surface area contributed by atoms with Crippen LogP contribution in [0.1, 0.15) is 73.8 Å². The highest BCUT2D eigenvalue weighted by Gasteiger charge is 2.42. The number of halogens is 2. The number of aliphatic hydroxyl groups is 1. The number of benzene rings is 2. The molecule has 0 amide bonds. The van der Waals surface area contributed by atoms with Crippen molar-refractivity contribution in [1.29, 1.82) is 0 Å². The number of fused-ring (bicyclic) bond motifs is 2. The van der Waals surface area contributed by atoms with Gasteiger partial charge < -0.3 is 24.2 Å². The summed E-state index contributed by atoms with van der Waals surface area (Å²) in [6, 6.07) is 6.58. The molecule has 2 aromatic carbocycles. The first-order chi connectivity index (χ1) is 24.7. The van der Waals surface area contributed by atoms with Crippen molar-refractivity contribution in [3.05, 3.63) is 41.5 Å². The number of thioether (sulfide) groups is 1. The molecule has 0 radical (unpaired) electrons. The summed E-state index contributed by atoms with van der Waals surface area (Å²) >= 11 is 1.29. The van der Waals surface area contributed by atoms with Gasteiger partial charge in [-0.3, -0.25) is 0 Å². The van der Waals surface area contributed by atoms with Gasteiger partial charge in [0, 0.05) is 31.1 Å². The fourth-order valence-corrected chi connectivity index (χ4v) is 13.3. The van der Waals surface area contributed by atoms with Gasteiger partial charge in [-0.05, 0) is 73.2 Å². The molecule has 1 aliphatic rings. The zero-order valence-corrected chi connectivity index (χ0v) is 33.9. The van der Waals surface area contributed by atoms with E-state index in [1.54, 1.807) is 19.2 Å². The van der Waals surface area contributed by atoms with Crippen LogP contribution in [0.5, 0.6) is 11.6 Å². The van der Waals surface area contributed by atoms with Crippen molar-refractivity contribution in [3.63, 3.8) is 0 Å². The number of nitrogens with zero attached hydrogens (tertiary/aromatic N) is 4. The average Bonchev–Trinajstić information content (AvgIpc) is 3.09. The molecule has 0 bridgehead atoms. The fraction of sp³-hybridized carbons (Fsp3) is 0.525. The number of hydrogen-bond acceptors (Lipinski definition) is 9. The van der Waals surface area contributed by atoms with E-state index in [0.29, 0.717) is 81.2 Å². The second-order valence-electron chi connectivity index (χ2n) is 14.7. The highest BCUT2D eigenvalue weighted by Crippen LogP contribution is 2.44. The molecule has 0 spiro atoms. The number of ether oxygens (including phenoxy) is 3. The van der Waals surface area contributed by atoms with E-state index < -0.39 is 25.8 Å². The van der Waals surface area contributed by atoms with E-state index in [1.165, 1.54) is 17.8 Å². The summed E-state index contributed by atoms with van der Waals surface area (Å²) in [5.74, 6) is 3.20. The van der Waals surface area contributed by atoms with Crippen molar-refractivity contribution in [2.75, 3.05) is 44.6 Å². The van der Waals surface area contributed by atoms with Crippen molar-refractivity contribution in [3.8, 4) is 34.4 Å². The molecule has 1 atom stereocenters. The number of β-amino-alcohol motifs (C(OH)–C–C–N with tert-alkyl or cyclic N) is 1. The summed E-state index contributed by atoms with van der Waals surface area (Å²) in [6.07, 6.45) is 2.39. The molecule has 1 saturated heterocycles. The Bertz CT molecular complexity index is 1960. The van der Waals surface area contributed by atoms with Gasteiger partial charge in [-0.1, -0.05) is 65.3 Å². The van der Waals surface area contributed by atoms with E-state index in [4.69, 9.17) is 24.2 Å². The van der Waals surface area contributed by atoms with Crippen LogP contribution in [0.15, 0.2) is 29.4 Å². The van der Waals surface area contributed by atoms with Gasteiger partial charge in [-0.2, -0.15) is 0 Å². The number of aliphatic hydroxyl groups excluding tert-OH is 1. The summed E-state index contributed by atoms with van der Waals surface area (Å²) < 4.78 is 51.3. The van der Waals surface area contributed by atoms with Crippen molar-refractivity contribution in [2.45, 2.75) is 102 Å². The van der Waals surface area contributed by atoms with Crippen molar-refractivity contribution >= 4 is 47.3 Å². The van der Waals surface area contributed by atoms with Crippen LogP contribution in [0.3, 0.4) is 0 Å². The van der Waals surface area contributed by atoms with Crippen LogP contribution in [-0.4, -0.2) is 80.0 Å². The van der Waals surface area contributed by atoms with E-state index in [2.05, 4.69) is 58.0 Å². The topological polar surface area (TPSA) is 89.8 Å². The highest BCUT2D eigenvalue weighted by molar-refractivity contribution is 7.98. The first kappa shape index (κ1) is 39.7. The first-order valence-corrected chi connectivity index (χ1v) is 21.6. The summed E-state index contributed by atoms with van der Waals surface area (Å²) in [7, 11) is -0.692. The number of methoxy groups -OCH3 is 1. The van der Waals surface area contributed by atoms with Gasteiger partial charge >= 0.3 is 0 Å². The molecule has 3 heterocycles. The maximum absolute atomic E-state index is 17.4. The Labute approximate surface area is 312 Å². The molecule has 2 aromatic heterocycles. The standard InChI is InChI=1S/C40H52F2N4O4SSi/c1-23(2)50-39-34-37(44-40(51-10)45-38(34)46-16-11-12-28(47)22-46)35(42)36(43-39)31-21-29(49-18-17-48-9)20-27-13-14-32(41)30(33(27)31)15-19-52(24(3)4,25(5)6)26(7)8/h13-14,20-21,23-26,28,47H,11-12,16-18,22H2,1-10H3/t28-/m1/s1. The summed E-state index contributed by atoms with van der Waals surface area (Å²) in [4.78, 5) is 16.3. The van der Waals surface area contributed by atoms with E-state index >= 15 is 8.78 Å². The van der Waals surface area contributed by atoms with E-state index in [9.17, 15) is 5.11 Å². The molecule has 4 aromatic rings. The number of anilines is 1. The predicted molar refractivity (Wildman–Crippen MR) is 210 cm³/mol. The quantitative estimate of drug-likeness (QED) is 0.0501. The minimum Gasteiger partial charge on any atom is -0.491 e. The second-order valence-corrected chi connectivity index (χ2v) is 21.1. The molecule has 1 fully saturated rings. The van der Waals surface area contributed by atoms with Gasteiger partial charge in [-0.25, -0.2) is 23.7 Å². The lowest BCUT2D eigenvalue weighted by Gasteiger charge is -2.38. The van der Waals surface area contributed by atoms with Crippen molar-refractivity contribution in [1.82, 2.24) is 15.0 Å². The lowest BCUT2D eigenvalue weighted by molar-refractivity contribution is 0.146. The van der Waals surface area contributed by atoms with Gasteiger partial charge in [0.1, 0.15) is 48.7 Å². The summed E-state index contributed by atoms with van der Waals surface area (Å²) in [5, 5.41) is 12.3. The number of pyridine rings is 1. The lowest BCUT2D eigenvalue weighted by Crippen LogP contribution is -2.43. The van der Waals surface area contributed by atoms with Crippen LogP contribution >= 0.6 is 11.8 Å². The molecule has 0 aliphatic carbocycles. The summed E-state index contributed by atoms with van der Waals surface area (Å²) in [6.45, 7) is 18.6. The molecule has 12 heteroatoms. The Morgan fingerprint density at radius 2 is 1.69 bits per heavy atom. The maximum Gasteiger partial charge on any atom is 0.227 e. The molecule has 0 unspecified atom stereocenters. The molecule has 8 nitrogen and oxygen atoms in total. The Hall–Kier alpha value is -3.50. The number of aromatic nitrogens is 3. The predicted octanol–water partition coefficient (Wildman–Crippen LogP) is 9.19. The molecule has 52 heavy (non-hydrogen) atoms. The average molecular weight is 751 g/mol. The first-order valence-electron chi connectivity index (χ1n) is 18.2. The van der Waals surface area contributed by atoms with Crippen LogP contribution in [0.4, 0.5) is 14.6 Å². The number of rotatable bonds is 12. The molecular formula is C40H52F2N4O4SSi. The van der Waals surface area contributed by atoms with Gasteiger partial charge in [0.25, 0.3) is 0 Å². The normalized spacial score (nSPS) is 15.3. The zero-order valence-electron chi connectivity index (χ0n) is 32.1. The third-order valence-corrected chi connectivity index (χ3v) is 16.9. The van der Waals surface area contributed by atoms with Crippen molar-refractivity contribution < 1.29 is 28.1 Å². The molecule has 1 N–H and O–H groups in total. The van der Waals surface area contributed by atoms with Crippen LogP contribution in [-0.2, 0) is 4.74 Å². The highest BCUT2D eigenvalue weighted by atomic mass is 32.2. The zero-order chi connectivity index (χ0) is 37.9. The second kappa shape index (κ2) is 16.7. The van der Waals surface area contributed by atoms with E-state index in [1.807, 2.05) is 31.1 Å². The SMILES string of the molecule is COCCOc1cc(-c2nc(OC(C)C)c3c(N4CCC[C@@H](O)C4)nc(SC)nc3c2F)c2c(C#C[Si](C(C)C)(C(C)C)C(C)C)c(F)ccc2c1. The summed E-state index contributed by atoms with van der Waals surface area (Å²) in [5.41, 5.74) is 5.13. The molecular weight excluding hydrogens is 699 g/mol. The van der Waals surface area contributed by atoms with Gasteiger partial charge in [0.05, 0.1) is 24.4 Å². The lowest BCUT2D eigenvalue weighted by atomic mass is 9.95. The Balaban J connectivity index is 1.90. The molecule has 1 aliphatic heterocycles. The van der Waals surface area contributed by atoms with Gasteiger partial charge in [0.2, 0.25) is 5.88 Å². The monoisotopic (exact) mass is 750 g/mol. The Kier molecular flexibility index (Phi) is 12.7. The molecule has 0 saturated carbocycles. The van der Waals surface area contributed by atoms with E-state index in [0.717, 1.165) is 6.42 Å².